The Morgan fingerprint density at radius 1 is 1.35 bits per heavy atom. The van der Waals surface area contributed by atoms with Crippen molar-refractivity contribution in [2.24, 2.45) is 4.99 Å². The van der Waals surface area contributed by atoms with Crippen LogP contribution < -0.4 is 16.8 Å². The molecule has 1 unspecified atom stereocenters. The number of rotatable bonds is 6. The first-order chi connectivity index (χ1) is 14.2. The highest BCUT2D eigenvalue weighted by Gasteiger charge is 2.43. The van der Waals surface area contributed by atoms with E-state index in [1.54, 1.807) is 36.7 Å². The van der Waals surface area contributed by atoms with E-state index in [-0.39, 0.29) is 23.8 Å². The molecule has 0 spiro atoms. The summed E-state index contributed by atoms with van der Waals surface area (Å²) in [6.45, 7) is 2.08. The number of urea groups is 1. The third kappa shape index (κ3) is 5.16. The maximum absolute atomic E-state index is 12.7. The molecule has 31 heavy (non-hydrogen) atoms. The molecule has 1 saturated carbocycles. The minimum absolute atomic E-state index is 0. The zero-order valence-corrected chi connectivity index (χ0v) is 18.0. The van der Waals surface area contributed by atoms with Crippen LogP contribution in [0.25, 0.3) is 0 Å². The van der Waals surface area contributed by atoms with Crippen LogP contribution in [0.3, 0.4) is 0 Å². The van der Waals surface area contributed by atoms with E-state index in [9.17, 15) is 17.8 Å². The third-order valence-corrected chi connectivity index (χ3v) is 5.93. The standard InChI is InChI=1S/C19H21N5O5S.H3N/c1-18(6-7-18)15-9-16(24-29-15)22-17(25)23-19(13-3-2-8-20-10-13)5-4-14(21-12-19)11-30(26,27)28;/h2-5,8-10H,6-7,11-12H2,1H3,(H,26,27,28)(H2,22,23,24,25);1H3. The fourth-order valence-electron chi connectivity index (χ4n) is 3.22. The maximum Gasteiger partial charge on any atom is 0.321 e. The molecule has 0 saturated heterocycles. The summed E-state index contributed by atoms with van der Waals surface area (Å²) in [5.74, 6) is 0.308. The Kier molecular flexibility index (Phi) is 5.98. The summed E-state index contributed by atoms with van der Waals surface area (Å²) in [5, 5.41) is 9.40. The molecule has 2 aromatic rings. The van der Waals surface area contributed by atoms with E-state index in [4.69, 9.17) is 4.52 Å². The van der Waals surface area contributed by atoms with Gasteiger partial charge in [0, 0.05) is 35.2 Å². The molecule has 0 radical (unpaired) electrons. The number of anilines is 1. The average molecular weight is 449 g/mol. The molecule has 0 aromatic carbocycles. The first-order valence-corrected chi connectivity index (χ1v) is 10.9. The summed E-state index contributed by atoms with van der Waals surface area (Å²) in [6.07, 6.45) is 8.24. The van der Waals surface area contributed by atoms with Gasteiger partial charge in [-0.15, -0.1) is 0 Å². The highest BCUT2D eigenvalue weighted by Crippen LogP contribution is 2.48. The number of quaternary nitrogens is 1. The molecule has 2 aliphatic rings. The number of aliphatic imine (C=N–C) groups is 1. The lowest BCUT2D eigenvalue weighted by atomic mass is 9.88. The number of nitrogens with one attached hydrogen (secondary N) is 2. The van der Waals surface area contributed by atoms with Crippen molar-refractivity contribution in [2.75, 3.05) is 17.6 Å². The lowest BCUT2D eigenvalue weighted by Crippen LogP contribution is -2.50. The fraction of sp³-hybridized carbons (Fsp3) is 0.368. The molecular weight excluding hydrogens is 424 g/mol. The number of allylic oxidation sites excluding steroid dienone is 1. The van der Waals surface area contributed by atoms with Gasteiger partial charge in [0.05, 0.1) is 12.3 Å². The molecule has 1 fully saturated rings. The minimum atomic E-state index is -4.46. The third-order valence-electron chi connectivity index (χ3n) is 5.28. The van der Waals surface area contributed by atoms with Crippen LogP contribution in [0, 0.1) is 0 Å². The van der Waals surface area contributed by atoms with Gasteiger partial charge in [0.25, 0.3) is 0 Å². The van der Waals surface area contributed by atoms with Gasteiger partial charge < -0.3 is 20.5 Å². The van der Waals surface area contributed by atoms with Gasteiger partial charge in [0.15, 0.2) is 5.82 Å². The predicted octanol–water partition coefficient (Wildman–Crippen LogP) is 2.07. The Balaban J connectivity index is 0.00000272. The molecule has 1 aliphatic heterocycles. The Bertz CT molecular complexity index is 1120. The van der Waals surface area contributed by atoms with Crippen molar-refractivity contribution < 1.29 is 22.3 Å². The van der Waals surface area contributed by atoms with Crippen molar-refractivity contribution in [1.29, 1.82) is 0 Å². The summed E-state index contributed by atoms with van der Waals surface area (Å²) >= 11 is 0. The Hall–Kier alpha value is -3.09. The van der Waals surface area contributed by atoms with Gasteiger partial charge in [-0.1, -0.05) is 24.2 Å². The molecule has 166 valence electrons. The Labute approximate surface area is 179 Å². The first-order valence-electron chi connectivity index (χ1n) is 9.31. The molecule has 3 heterocycles. The van der Waals surface area contributed by atoms with E-state index in [1.165, 1.54) is 6.08 Å². The number of dihydropyridines is 1. The number of aromatic nitrogens is 2. The summed E-state index contributed by atoms with van der Waals surface area (Å²) in [5.41, 5.74) is -0.302. The molecule has 1 atom stereocenters. The smallest absolute Gasteiger partial charge is 0.321 e. The number of pyridine rings is 1. The number of carbonyl (C=O) groups is 1. The molecule has 4 rings (SSSR count). The van der Waals surface area contributed by atoms with Crippen LogP contribution in [0.15, 0.2) is 52.3 Å². The lowest BCUT2D eigenvalue weighted by Gasteiger charge is -2.33. The lowest BCUT2D eigenvalue weighted by molar-refractivity contribution is 0.243. The van der Waals surface area contributed by atoms with Crippen molar-refractivity contribution in [2.45, 2.75) is 30.7 Å². The van der Waals surface area contributed by atoms with Crippen molar-refractivity contribution in [3.63, 3.8) is 0 Å². The van der Waals surface area contributed by atoms with Crippen LogP contribution in [0.5, 0.6) is 0 Å². The van der Waals surface area contributed by atoms with Crippen molar-refractivity contribution in [3.05, 3.63) is 54.1 Å². The monoisotopic (exact) mass is 448 g/mol. The number of carbonyl (C=O) groups excluding carboxylic acids is 1. The summed E-state index contributed by atoms with van der Waals surface area (Å²) in [4.78, 5) is 21.0. The zero-order valence-electron chi connectivity index (χ0n) is 17.2. The minimum Gasteiger partial charge on any atom is -0.748 e. The summed E-state index contributed by atoms with van der Waals surface area (Å²) in [7, 11) is -4.46. The zero-order chi connectivity index (χ0) is 21.4. The van der Waals surface area contributed by atoms with E-state index in [0.717, 1.165) is 18.6 Å². The number of amides is 2. The molecule has 2 amide bonds. The van der Waals surface area contributed by atoms with E-state index >= 15 is 0 Å². The van der Waals surface area contributed by atoms with E-state index in [1.807, 2.05) is 0 Å². The molecule has 1 aliphatic carbocycles. The van der Waals surface area contributed by atoms with Crippen molar-refractivity contribution in [3.8, 4) is 0 Å². The second kappa shape index (κ2) is 8.21. The van der Waals surface area contributed by atoms with Gasteiger partial charge in [-0.05, 0) is 25.0 Å². The SMILES string of the molecule is CC1(c2cc(NC(=O)NC3(c4cccnc4)C=CC(CS(=O)(=O)[O-])=NC3)no2)CC1.[NH4+]. The second-order valence-corrected chi connectivity index (χ2v) is 9.18. The Morgan fingerprint density at radius 2 is 2.13 bits per heavy atom. The molecule has 2 aromatic heterocycles. The van der Waals surface area contributed by atoms with Crippen LogP contribution in [0.4, 0.5) is 10.6 Å². The van der Waals surface area contributed by atoms with Gasteiger partial charge in [-0.25, -0.2) is 13.2 Å². The second-order valence-electron chi connectivity index (χ2n) is 7.77. The van der Waals surface area contributed by atoms with Crippen molar-refractivity contribution in [1.82, 2.24) is 21.6 Å². The van der Waals surface area contributed by atoms with Crippen LogP contribution in [-0.2, 0) is 21.1 Å². The summed E-state index contributed by atoms with van der Waals surface area (Å²) < 4.78 is 38.4. The molecule has 0 bridgehead atoms. The van der Waals surface area contributed by atoms with Gasteiger partial charge in [0.1, 0.15) is 21.4 Å². The average Bonchev–Trinajstić information content (AvgIpc) is 3.26. The van der Waals surface area contributed by atoms with E-state index < -0.39 is 27.4 Å². The highest BCUT2D eigenvalue weighted by molar-refractivity contribution is 7.86. The summed E-state index contributed by atoms with van der Waals surface area (Å²) in [6, 6.07) is 4.64. The number of nitrogens with zero attached hydrogens (tertiary/aromatic N) is 3. The largest absolute Gasteiger partial charge is 0.748 e. The Morgan fingerprint density at radius 3 is 2.71 bits per heavy atom. The van der Waals surface area contributed by atoms with Gasteiger partial charge in [0.2, 0.25) is 0 Å². The number of hydrogen-bond donors (Lipinski definition) is 3. The molecule has 11 nitrogen and oxygen atoms in total. The molecule has 12 heteroatoms. The quantitative estimate of drug-likeness (QED) is 0.564. The van der Waals surface area contributed by atoms with Crippen LogP contribution >= 0.6 is 0 Å². The van der Waals surface area contributed by atoms with Crippen LogP contribution in [0.1, 0.15) is 31.1 Å². The maximum atomic E-state index is 12.7. The highest BCUT2D eigenvalue weighted by atomic mass is 32.2. The molecular formula is C19H24N6O5S. The van der Waals surface area contributed by atoms with Gasteiger partial charge in [-0.3, -0.25) is 15.3 Å². The van der Waals surface area contributed by atoms with Crippen molar-refractivity contribution >= 4 is 27.7 Å². The normalized spacial score (nSPS) is 21.5. The topological polar surface area (TPSA) is 186 Å². The van der Waals surface area contributed by atoms with E-state index in [0.29, 0.717) is 11.4 Å². The van der Waals surface area contributed by atoms with Crippen LogP contribution in [0.2, 0.25) is 0 Å². The van der Waals surface area contributed by atoms with E-state index in [2.05, 4.69) is 32.7 Å². The van der Waals surface area contributed by atoms with Crippen LogP contribution in [-0.4, -0.2) is 47.2 Å². The number of hydrogen-bond acceptors (Lipinski definition) is 8. The molecule has 6 N–H and O–H groups in total. The predicted molar refractivity (Wildman–Crippen MR) is 113 cm³/mol. The van der Waals surface area contributed by atoms with Gasteiger partial charge >= 0.3 is 6.03 Å². The first kappa shape index (κ1) is 22.6. The van der Waals surface area contributed by atoms with Gasteiger partial charge in [-0.2, -0.15) is 0 Å². The fourth-order valence-corrected chi connectivity index (χ4v) is 3.76.